The minimum atomic E-state index is -4.26. The molecule has 1 aliphatic heterocycles. The fraction of sp³-hybridized carbons (Fsp3) is 1.00. The van der Waals surface area contributed by atoms with Crippen LogP contribution in [0.1, 0.15) is 103 Å². The first-order valence-electron chi connectivity index (χ1n) is 15.3. The van der Waals surface area contributed by atoms with Gasteiger partial charge < -0.3 is 48.7 Å². The van der Waals surface area contributed by atoms with Gasteiger partial charge in [0.15, 0.2) is 6.29 Å². The highest BCUT2D eigenvalue weighted by molar-refractivity contribution is 7.50. The lowest BCUT2D eigenvalue weighted by molar-refractivity contribution is -0.910. The lowest BCUT2D eigenvalue weighted by Gasteiger charge is -2.39. The van der Waals surface area contributed by atoms with Gasteiger partial charge >= 0.3 is 0 Å². The molecular formula is C28H58NO9P. The van der Waals surface area contributed by atoms with Gasteiger partial charge in [-0.1, -0.05) is 71.1 Å². The van der Waals surface area contributed by atoms with Crippen LogP contribution in [0.25, 0.3) is 0 Å². The highest BCUT2D eigenvalue weighted by Crippen LogP contribution is 2.30. The number of nitrogens with zero attached hydrogens (tertiary/aromatic N) is 1. The van der Waals surface area contributed by atoms with Gasteiger partial charge in [0.1, 0.15) is 32.0 Å². The molecule has 10 nitrogen and oxygen atoms in total. The molecule has 11 heteroatoms. The monoisotopic (exact) mass is 583 g/mol. The molecule has 39 heavy (non-hydrogen) atoms. The van der Waals surface area contributed by atoms with Gasteiger partial charge in [-0.05, 0) is 25.7 Å². The maximum Gasteiger partial charge on any atom is 0.186 e. The van der Waals surface area contributed by atoms with Gasteiger partial charge in [0.25, 0.3) is 0 Å². The van der Waals surface area contributed by atoms with Crippen LogP contribution in [0.15, 0.2) is 0 Å². The second-order valence-electron chi connectivity index (χ2n) is 11.7. The van der Waals surface area contributed by atoms with Gasteiger partial charge in [-0.2, -0.15) is 0 Å². The molecule has 0 aliphatic carbocycles. The zero-order valence-corrected chi connectivity index (χ0v) is 25.4. The Morgan fingerprint density at radius 1 is 0.769 bits per heavy atom. The lowest BCUT2D eigenvalue weighted by atomic mass is 9.99. The molecule has 0 aromatic rings. The van der Waals surface area contributed by atoms with E-state index in [0.717, 1.165) is 36.8 Å². The number of ether oxygens (including phenoxy) is 2. The Morgan fingerprint density at radius 3 is 1.77 bits per heavy atom. The van der Waals surface area contributed by atoms with Crippen molar-refractivity contribution in [3.8, 4) is 0 Å². The minimum absolute atomic E-state index is 0.209. The van der Waals surface area contributed by atoms with Crippen LogP contribution in [0.4, 0.5) is 0 Å². The van der Waals surface area contributed by atoms with Crippen molar-refractivity contribution < 1.29 is 48.7 Å². The highest BCUT2D eigenvalue weighted by atomic mass is 31.2. The maximum absolute atomic E-state index is 11.2. The van der Waals surface area contributed by atoms with Crippen molar-refractivity contribution in [2.45, 2.75) is 134 Å². The third-order valence-electron chi connectivity index (χ3n) is 7.91. The molecule has 1 saturated heterocycles. The van der Waals surface area contributed by atoms with Gasteiger partial charge in [-0.3, -0.25) is 0 Å². The van der Waals surface area contributed by atoms with Crippen molar-refractivity contribution in [2.24, 2.45) is 0 Å². The van der Waals surface area contributed by atoms with Crippen LogP contribution in [0, 0.1) is 0 Å². The number of aliphatic hydroxyl groups excluding tert-OH is 4. The zero-order valence-electron chi connectivity index (χ0n) is 24.5. The molecular weight excluding hydrogens is 525 g/mol. The molecule has 1 fully saturated rings. The van der Waals surface area contributed by atoms with Crippen LogP contribution >= 0.6 is 7.60 Å². The predicted octanol–water partition coefficient (Wildman–Crippen LogP) is 2.67. The Morgan fingerprint density at radius 2 is 1.26 bits per heavy atom. The first-order chi connectivity index (χ1) is 18.5. The van der Waals surface area contributed by atoms with E-state index in [2.05, 4.69) is 14.0 Å². The van der Waals surface area contributed by atoms with Crippen molar-refractivity contribution in [2.75, 3.05) is 46.1 Å². The van der Waals surface area contributed by atoms with Gasteiger partial charge in [-0.25, -0.2) is 0 Å². The molecule has 0 radical (unpaired) electrons. The summed E-state index contributed by atoms with van der Waals surface area (Å²) in [6.07, 6.45) is 10.7. The number of rotatable bonds is 24. The largest absolute Gasteiger partial charge is 0.779 e. The van der Waals surface area contributed by atoms with Gasteiger partial charge in [0.05, 0.1) is 39.9 Å². The van der Waals surface area contributed by atoms with Crippen LogP contribution in [-0.4, -0.2) is 107 Å². The molecule has 2 unspecified atom stereocenters. The molecule has 7 atom stereocenters. The first kappa shape index (κ1) is 36.9. The van der Waals surface area contributed by atoms with E-state index < -0.39 is 44.9 Å². The van der Waals surface area contributed by atoms with E-state index in [1.165, 1.54) is 64.2 Å². The van der Waals surface area contributed by atoms with Crippen molar-refractivity contribution in [3.05, 3.63) is 0 Å². The second-order valence-corrected chi connectivity index (χ2v) is 13.4. The van der Waals surface area contributed by atoms with Crippen LogP contribution in [0.3, 0.4) is 0 Å². The average molecular weight is 584 g/mol. The standard InChI is InChI=1S/C28H58NO9P/c1-3-4-5-6-7-8-9-10-11-12-13-14-18-29(2,20-17-22-39(34,35)36)19-15-16-21-37-28-27(33)26(32)25(31)24(23-30)38-28/h24-28,30-33H,3-23H2,1-2H3,(H-,34,35,36)/t24-,25-,26+,27-,28-,29?/m1/s1. The number of hydrogen-bond donors (Lipinski definition) is 5. The van der Waals surface area contributed by atoms with E-state index in [1.807, 2.05) is 0 Å². The topological polar surface area (TPSA) is 160 Å². The molecule has 234 valence electrons. The first-order valence-corrected chi connectivity index (χ1v) is 17.1. The molecule has 0 saturated carbocycles. The summed E-state index contributed by atoms with van der Waals surface area (Å²) in [6, 6.07) is 0. The van der Waals surface area contributed by atoms with Crippen molar-refractivity contribution in [1.82, 2.24) is 0 Å². The van der Waals surface area contributed by atoms with E-state index >= 15 is 0 Å². The van der Waals surface area contributed by atoms with E-state index in [1.54, 1.807) is 0 Å². The smallest absolute Gasteiger partial charge is 0.186 e. The average Bonchev–Trinajstić information content (AvgIpc) is 2.88. The molecule has 0 aromatic heterocycles. The molecule has 1 aliphatic rings. The number of hydrogen-bond acceptors (Lipinski definition) is 8. The molecule has 0 spiro atoms. The fourth-order valence-electron chi connectivity index (χ4n) is 5.32. The van der Waals surface area contributed by atoms with E-state index in [-0.39, 0.29) is 12.8 Å². The molecule has 1 heterocycles. The zero-order chi connectivity index (χ0) is 29.2. The Hall–Kier alpha value is -0.130. The fourth-order valence-corrected chi connectivity index (χ4v) is 5.86. The van der Waals surface area contributed by atoms with Crippen LogP contribution in [0.2, 0.25) is 0 Å². The molecule has 0 amide bonds. The van der Waals surface area contributed by atoms with Crippen molar-refractivity contribution in [3.63, 3.8) is 0 Å². The summed E-state index contributed by atoms with van der Waals surface area (Å²) >= 11 is 0. The molecule has 1 rings (SSSR count). The van der Waals surface area contributed by atoms with Crippen LogP contribution in [0.5, 0.6) is 0 Å². The van der Waals surface area contributed by atoms with Gasteiger partial charge in [-0.15, -0.1) is 0 Å². The number of unbranched alkanes of at least 4 members (excludes halogenated alkanes) is 12. The molecule has 0 bridgehead atoms. The third kappa shape index (κ3) is 16.8. The normalized spacial score (nSPS) is 26.8. The predicted molar refractivity (Wildman–Crippen MR) is 150 cm³/mol. The maximum atomic E-state index is 11.2. The number of aliphatic hydroxyl groups is 4. The van der Waals surface area contributed by atoms with E-state index in [0.29, 0.717) is 19.4 Å². The summed E-state index contributed by atoms with van der Waals surface area (Å²) < 4.78 is 22.9. The summed E-state index contributed by atoms with van der Waals surface area (Å²) in [5, 5.41) is 39.2. The highest BCUT2D eigenvalue weighted by Gasteiger charge is 2.43. The Kier molecular flexibility index (Phi) is 19.6. The Labute approximate surface area is 236 Å². The summed E-state index contributed by atoms with van der Waals surface area (Å²) in [5.74, 6) is 0. The van der Waals surface area contributed by atoms with E-state index in [4.69, 9.17) is 14.4 Å². The Balaban J connectivity index is 2.33. The summed E-state index contributed by atoms with van der Waals surface area (Å²) in [4.78, 5) is 20.4. The summed E-state index contributed by atoms with van der Waals surface area (Å²) in [7, 11) is -2.13. The van der Waals surface area contributed by atoms with Gasteiger partial charge in [0, 0.05) is 12.6 Å². The Bertz CT molecular complexity index is 651. The molecule has 0 aromatic carbocycles. The van der Waals surface area contributed by atoms with Gasteiger partial charge in [0.2, 0.25) is 0 Å². The summed E-state index contributed by atoms with van der Waals surface area (Å²) in [5.41, 5.74) is 0. The second kappa shape index (κ2) is 20.7. The molecule has 5 N–H and O–H groups in total. The summed E-state index contributed by atoms with van der Waals surface area (Å²) in [6.45, 7) is 4.45. The SMILES string of the molecule is CCCCCCCCCCCCCC[N+](C)(CCCCO[C@@H]1O[C@H](CO)[C@@H](O)[C@H](O)[C@H]1O)CCCP(=O)([O-])O. The lowest BCUT2D eigenvalue weighted by Crippen LogP contribution is -2.59. The quantitative estimate of drug-likeness (QED) is 0.0654. The van der Waals surface area contributed by atoms with Crippen LogP contribution in [-0.2, 0) is 14.0 Å². The number of quaternary nitrogens is 1. The van der Waals surface area contributed by atoms with E-state index in [9.17, 15) is 29.9 Å². The van der Waals surface area contributed by atoms with Crippen LogP contribution < -0.4 is 4.89 Å². The van der Waals surface area contributed by atoms with Crippen molar-refractivity contribution >= 4 is 7.60 Å². The minimum Gasteiger partial charge on any atom is -0.779 e. The van der Waals surface area contributed by atoms with Crippen molar-refractivity contribution in [1.29, 1.82) is 0 Å². The third-order valence-corrected chi connectivity index (χ3v) is 8.79.